The van der Waals surface area contributed by atoms with Gasteiger partial charge in [0.25, 0.3) is 0 Å². The first-order chi connectivity index (χ1) is 9.51. The van der Waals surface area contributed by atoms with Crippen LogP contribution in [0.4, 0.5) is 0 Å². The van der Waals surface area contributed by atoms with Crippen molar-refractivity contribution in [1.82, 2.24) is 0 Å². The number of halogens is 3. The van der Waals surface area contributed by atoms with Gasteiger partial charge in [-0.2, -0.15) is 0 Å². The number of oxime groups is 1. The summed E-state index contributed by atoms with van der Waals surface area (Å²) in [5.74, 6) is 0.984. The van der Waals surface area contributed by atoms with Gasteiger partial charge in [-0.1, -0.05) is 28.4 Å². The molecule has 3 N–H and O–H groups in total. The Morgan fingerprint density at radius 3 is 2.55 bits per heavy atom. The van der Waals surface area contributed by atoms with Crippen molar-refractivity contribution in [2.45, 2.75) is 0 Å². The molecule has 0 aliphatic carbocycles. The minimum absolute atomic E-state index is 0.0121. The van der Waals surface area contributed by atoms with E-state index in [0.29, 0.717) is 31.6 Å². The summed E-state index contributed by atoms with van der Waals surface area (Å²) in [7, 11) is 0. The van der Waals surface area contributed by atoms with E-state index in [9.17, 15) is 0 Å². The summed E-state index contributed by atoms with van der Waals surface area (Å²) in [6, 6.07) is 9.95. The molecule has 0 aromatic heterocycles. The highest BCUT2D eigenvalue weighted by Gasteiger charge is 2.09. The zero-order valence-corrected chi connectivity index (χ0v) is 13.1. The van der Waals surface area contributed by atoms with Crippen LogP contribution in [0.25, 0.3) is 0 Å². The molecule has 104 valence electrons. The smallest absolute Gasteiger partial charge is 0.170 e. The Morgan fingerprint density at radius 2 is 1.90 bits per heavy atom. The molecule has 0 spiro atoms. The second kappa shape index (κ2) is 6.35. The van der Waals surface area contributed by atoms with Gasteiger partial charge in [-0.05, 0) is 46.3 Å². The van der Waals surface area contributed by atoms with E-state index >= 15 is 0 Å². The lowest BCUT2D eigenvalue weighted by Crippen LogP contribution is -2.12. The summed E-state index contributed by atoms with van der Waals surface area (Å²) in [5, 5.41) is 12.5. The molecule has 7 heteroatoms. The minimum Gasteiger partial charge on any atom is -0.455 e. The second-order valence-corrected chi connectivity index (χ2v) is 5.51. The fourth-order valence-electron chi connectivity index (χ4n) is 1.47. The van der Waals surface area contributed by atoms with Crippen LogP contribution in [0.1, 0.15) is 5.56 Å². The van der Waals surface area contributed by atoms with Crippen molar-refractivity contribution < 1.29 is 9.94 Å². The SMILES string of the molecule is N/C(=N/O)c1ccc(Oc2cc(Cl)ccc2Cl)c(Br)c1. The number of nitrogens with zero attached hydrogens (tertiary/aromatic N) is 1. The first-order valence-electron chi connectivity index (χ1n) is 5.41. The summed E-state index contributed by atoms with van der Waals surface area (Å²) in [6.45, 7) is 0. The lowest BCUT2D eigenvalue weighted by atomic mass is 10.2. The normalized spacial score (nSPS) is 11.4. The standard InChI is InChI=1S/C13H9BrCl2N2O2/c14-9-5-7(13(17)18-19)1-4-11(9)20-12-6-8(15)2-3-10(12)16/h1-6,19H,(H2,17,18). The Balaban J connectivity index is 2.33. The van der Waals surface area contributed by atoms with E-state index in [1.165, 1.54) is 0 Å². The molecule has 0 amide bonds. The molecule has 0 aliphatic rings. The van der Waals surface area contributed by atoms with Crippen LogP contribution in [0.2, 0.25) is 10.0 Å². The molecule has 0 unspecified atom stereocenters. The highest BCUT2D eigenvalue weighted by atomic mass is 79.9. The van der Waals surface area contributed by atoms with Crippen LogP contribution in [0.5, 0.6) is 11.5 Å². The van der Waals surface area contributed by atoms with Crippen LogP contribution in [0.15, 0.2) is 46.0 Å². The fourth-order valence-corrected chi connectivity index (χ4v) is 2.25. The molecule has 2 rings (SSSR count). The first-order valence-corrected chi connectivity index (χ1v) is 6.96. The predicted molar refractivity (Wildman–Crippen MR) is 83.2 cm³/mol. The number of nitrogens with two attached hydrogens (primary N) is 1. The second-order valence-electron chi connectivity index (χ2n) is 3.81. The summed E-state index contributed by atoms with van der Waals surface area (Å²) >= 11 is 15.3. The third-order valence-corrected chi connectivity index (χ3v) is 3.62. The Labute approximate surface area is 133 Å². The predicted octanol–water partition coefficient (Wildman–Crippen LogP) is 4.64. The molecule has 4 nitrogen and oxygen atoms in total. The third-order valence-electron chi connectivity index (χ3n) is 2.45. The van der Waals surface area contributed by atoms with Gasteiger partial charge in [0.15, 0.2) is 5.84 Å². The average Bonchev–Trinajstić information content (AvgIpc) is 2.44. The van der Waals surface area contributed by atoms with Crippen molar-refractivity contribution >= 4 is 45.0 Å². The van der Waals surface area contributed by atoms with Crippen LogP contribution in [-0.2, 0) is 0 Å². The Bertz CT molecular complexity index is 677. The van der Waals surface area contributed by atoms with E-state index < -0.39 is 0 Å². The van der Waals surface area contributed by atoms with Gasteiger partial charge in [0.2, 0.25) is 0 Å². The van der Waals surface area contributed by atoms with Crippen molar-refractivity contribution in [3.63, 3.8) is 0 Å². The van der Waals surface area contributed by atoms with E-state index in [2.05, 4.69) is 21.1 Å². The molecule has 2 aromatic rings. The van der Waals surface area contributed by atoms with E-state index in [0.717, 1.165) is 0 Å². The molecule has 0 radical (unpaired) electrons. The zero-order chi connectivity index (χ0) is 14.7. The average molecular weight is 376 g/mol. The lowest BCUT2D eigenvalue weighted by molar-refractivity contribution is 0.318. The maximum Gasteiger partial charge on any atom is 0.170 e. The summed E-state index contributed by atoms with van der Waals surface area (Å²) in [6.07, 6.45) is 0. The van der Waals surface area contributed by atoms with Crippen LogP contribution in [0.3, 0.4) is 0 Å². The summed E-state index contributed by atoms with van der Waals surface area (Å²) in [5.41, 5.74) is 6.07. The van der Waals surface area contributed by atoms with Gasteiger partial charge in [0.1, 0.15) is 11.5 Å². The molecule has 0 saturated heterocycles. The zero-order valence-electron chi connectivity index (χ0n) is 9.98. The molecule has 0 bridgehead atoms. The lowest BCUT2D eigenvalue weighted by Gasteiger charge is -2.10. The number of hydrogen-bond donors (Lipinski definition) is 2. The Morgan fingerprint density at radius 1 is 1.15 bits per heavy atom. The summed E-state index contributed by atoms with van der Waals surface area (Å²) < 4.78 is 6.32. The van der Waals surface area contributed by atoms with Crippen molar-refractivity contribution in [2.24, 2.45) is 10.9 Å². The number of benzene rings is 2. The molecular weight excluding hydrogens is 367 g/mol. The largest absolute Gasteiger partial charge is 0.455 e. The Kier molecular flexibility index (Phi) is 4.75. The van der Waals surface area contributed by atoms with Gasteiger partial charge in [0.05, 0.1) is 9.50 Å². The van der Waals surface area contributed by atoms with Gasteiger partial charge in [-0.15, -0.1) is 0 Å². The summed E-state index contributed by atoms with van der Waals surface area (Å²) in [4.78, 5) is 0. The van der Waals surface area contributed by atoms with Gasteiger partial charge in [-0.3, -0.25) is 0 Å². The van der Waals surface area contributed by atoms with E-state index in [4.69, 9.17) is 38.9 Å². The molecule has 0 fully saturated rings. The van der Waals surface area contributed by atoms with Crippen molar-refractivity contribution in [3.05, 3.63) is 56.5 Å². The maximum absolute atomic E-state index is 8.63. The third kappa shape index (κ3) is 3.36. The van der Waals surface area contributed by atoms with Crippen molar-refractivity contribution in [1.29, 1.82) is 0 Å². The molecular formula is C13H9BrCl2N2O2. The highest BCUT2D eigenvalue weighted by Crippen LogP contribution is 2.35. The van der Waals surface area contributed by atoms with Crippen LogP contribution in [0, 0.1) is 0 Å². The van der Waals surface area contributed by atoms with E-state index in [1.54, 1.807) is 36.4 Å². The van der Waals surface area contributed by atoms with Crippen LogP contribution < -0.4 is 10.5 Å². The molecule has 0 saturated carbocycles. The molecule has 0 heterocycles. The van der Waals surface area contributed by atoms with Crippen LogP contribution in [-0.4, -0.2) is 11.0 Å². The molecule has 20 heavy (non-hydrogen) atoms. The molecule has 0 atom stereocenters. The number of ether oxygens (including phenoxy) is 1. The monoisotopic (exact) mass is 374 g/mol. The van der Waals surface area contributed by atoms with Gasteiger partial charge >= 0.3 is 0 Å². The maximum atomic E-state index is 8.63. The molecule has 0 aliphatic heterocycles. The van der Waals surface area contributed by atoms with Crippen LogP contribution >= 0.6 is 39.1 Å². The first kappa shape index (κ1) is 15.0. The van der Waals surface area contributed by atoms with Crippen molar-refractivity contribution in [2.75, 3.05) is 0 Å². The van der Waals surface area contributed by atoms with E-state index in [1.807, 2.05) is 0 Å². The van der Waals surface area contributed by atoms with Gasteiger partial charge in [0, 0.05) is 16.7 Å². The number of rotatable bonds is 3. The topological polar surface area (TPSA) is 67.8 Å². The highest BCUT2D eigenvalue weighted by molar-refractivity contribution is 9.10. The number of hydrogen-bond acceptors (Lipinski definition) is 3. The fraction of sp³-hybridized carbons (Fsp3) is 0. The molecule has 2 aromatic carbocycles. The van der Waals surface area contributed by atoms with Gasteiger partial charge in [-0.25, -0.2) is 0 Å². The van der Waals surface area contributed by atoms with Crippen molar-refractivity contribution in [3.8, 4) is 11.5 Å². The quantitative estimate of drug-likeness (QED) is 0.355. The van der Waals surface area contributed by atoms with E-state index in [-0.39, 0.29) is 5.84 Å². The van der Waals surface area contributed by atoms with Gasteiger partial charge < -0.3 is 15.7 Å². The Hall–Kier alpha value is -1.43. The minimum atomic E-state index is 0.0121. The number of amidine groups is 1.